The molecule has 0 aromatic carbocycles. The van der Waals surface area contributed by atoms with E-state index in [9.17, 15) is 14.7 Å². The first-order valence-corrected chi connectivity index (χ1v) is 10.8. The minimum absolute atomic E-state index is 0.148. The molecule has 27 heavy (non-hydrogen) atoms. The van der Waals surface area contributed by atoms with Crippen LogP contribution >= 0.6 is 0 Å². The van der Waals surface area contributed by atoms with Crippen molar-refractivity contribution in [3.8, 4) is 0 Å². The van der Waals surface area contributed by atoms with E-state index in [0.29, 0.717) is 30.0 Å². The quantitative estimate of drug-likeness (QED) is 0.736. The fraction of sp³-hybridized carbons (Fsp3) is 0.826. The third-order valence-corrected chi connectivity index (χ3v) is 9.15. The number of ether oxygens (including phenoxy) is 1. The van der Waals surface area contributed by atoms with Crippen LogP contribution in [-0.4, -0.2) is 28.6 Å². The Kier molecular flexibility index (Phi) is 4.38. The first-order valence-electron chi connectivity index (χ1n) is 10.8. The van der Waals surface area contributed by atoms with Gasteiger partial charge in [0, 0.05) is 18.8 Å². The van der Waals surface area contributed by atoms with Gasteiger partial charge in [-0.25, -0.2) is 0 Å². The van der Waals surface area contributed by atoms with E-state index in [1.807, 2.05) is 6.08 Å². The van der Waals surface area contributed by atoms with E-state index in [1.165, 1.54) is 12.5 Å². The van der Waals surface area contributed by atoms with Gasteiger partial charge in [-0.3, -0.25) is 9.59 Å². The van der Waals surface area contributed by atoms with Crippen LogP contribution in [0.25, 0.3) is 0 Å². The van der Waals surface area contributed by atoms with E-state index in [-0.39, 0.29) is 16.8 Å². The summed E-state index contributed by atoms with van der Waals surface area (Å²) in [5.41, 5.74) is 0.600. The van der Waals surface area contributed by atoms with E-state index in [4.69, 9.17) is 4.74 Å². The molecule has 150 valence electrons. The largest absolute Gasteiger partial charge is 0.456 e. The average molecular weight is 375 g/mol. The Labute approximate surface area is 162 Å². The van der Waals surface area contributed by atoms with E-state index in [2.05, 4.69) is 13.8 Å². The second-order valence-corrected chi connectivity index (χ2v) is 10.1. The third kappa shape index (κ3) is 2.51. The predicted octanol–water partition coefficient (Wildman–Crippen LogP) is 4.20. The molecule has 0 radical (unpaired) electrons. The van der Waals surface area contributed by atoms with Gasteiger partial charge in [-0.2, -0.15) is 0 Å². The molecule has 0 aromatic heterocycles. The Morgan fingerprint density at radius 3 is 2.52 bits per heavy atom. The minimum atomic E-state index is -0.756. The molecular formula is C23H34O4. The summed E-state index contributed by atoms with van der Waals surface area (Å²) in [4.78, 5) is 23.9. The van der Waals surface area contributed by atoms with Gasteiger partial charge < -0.3 is 9.84 Å². The monoisotopic (exact) mass is 374 g/mol. The van der Waals surface area contributed by atoms with Crippen LogP contribution in [0.15, 0.2) is 11.6 Å². The van der Waals surface area contributed by atoms with Crippen molar-refractivity contribution in [2.45, 2.75) is 90.8 Å². The van der Waals surface area contributed by atoms with E-state index in [1.54, 1.807) is 6.92 Å². The van der Waals surface area contributed by atoms with Crippen molar-refractivity contribution in [2.75, 3.05) is 0 Å². The Bertz CT molecular complexity index is 694. The lowest BCUT2D eigenvalue weighted by Crippen LogP contribution is -2.59. The molecule has 7 atom stereocenters. The zero-order valence-corrected chi connectivity index (χ0v) is 17.2. The number of hydrogen-bond donors (Lipinski definition) is 1. The molecule has 4 nitrogen and oxygen atoms in total. The van der Waals surface area contributed by atoms with Gasteiger partial charge in [-0.15, -0.1) is 0 Å². The van der Waals surface area contributed by atoms with Gasteiger partial charge in [-0.1, -0.05) is 19.4 Å². The normalized spacial score (nSPS) is 47.4. The van der Waals surface area contributed by atoms with Crippen LogP contribution in [-0.2, 0) is 14.3 Å². The highest BCUT2D eigenvalue weighted by molar-refractivity contribution is 5.91. The molecule has 0 saturated heterocycles. The second-order valence-electron chi connectivity index (χ2n) is 10.1. The Morgan fingerprint density at radius 2 is 1.85 bits per heavy atom. The Balaban J connectivity index is 1.69. The number of rotatable bonds is 2. The molecule has 0 bridgehead atoms. The summed E-state index contributed by atoms with van der Waals surface area (Å²) in [6, 6.07) is 0. The molecular weight excluding hydrogens is 340 g/mol. The number of aliphatic hydroxyl groups is 1. The number of fused-ring (bicyclic) bond motifs is 5. The first kappa shape index (κ1) is 19.2. The van der Waals surface area contributed by atoms with Crippen LogP contribution in [0.2, 0.25) is 0 Å². The number of aliphatic hydroxyl groups excluding tert-OH is 1. The topological polar surface area (TPSA) is 63.6 Å². The molecule has 0 amide bonds. The van der Waals surface area contributed by atoms with Gasteiger partial charge >= 0.3 is 5.97 Å². The van der Waals surface area contributed by atoms with Crippen LogP contribution in [0.4, 0.5) is 0 Å². The van der Waals surface area contributed by atoms with E-state index < -0.39 is 11.7 Å². The molecule has 4 rings (SSSR count). The van der Waals surface area contributed by atoms with Gasteiger partial charge in [0.05, 0.1) is 6.10 Å². The average Bonchev–Trinajstić information content (AvgIpc) is 2.89. The van der Waals surface area contributed by atoms with Crippen LogP contribution in [0.1, 0.15) is 79.1 Å². The Hall–Kier alpha value is -1.16. The number of esters is 1. The number of carbonyl (C=O) groups excluding carboxylic acids is 2. The summed E-state index contributed by atoms with van der Waals surface area (Å²) in [5.74, 6) is 1.68. The van der Waals surface area contributed by atoms with Crippen molar-refractivity contribution < 1.29 is 19.4 Å². The van der Waals surface area contributed by atoms with Crippen LogP contribution in [0.5, 0.6) is 0 Å². The summed E-state index contributed by atoms with van der Waals surface area (Å²) < 4.78 is 5.91. The highest BCUT2D eigenvalue weighted by Crippen LogP contribution is 2.68. The molecule has 4 heteroatoms. The number of allylic oxidation sites excluding steroid dienone is 1. The lowest BCUT2D eigenvalue weighted by molar-refractivity contribution is -0.206. The molecule has 0 heterocycles. The fourth-order valence-electron chi connectivity index (χ4n) is 7.79. The molecule has 3 fully saturated rings. The van der Waals surface area contributed by atoms with Crippen molar-refractivity contribution in [1.29, 1.82) is 0 Å². The number of hydrogen-bond acceptors (Lipinski definition) is 4. The molecule has 1 N–H and O–H groups in total. The SMILES string of the molecule is CC(=O)O[C@]1(C(C)O)CC[C@H]2[C@@H]3CCC4=CC(=O)CC[C@]4(C)[C@H]3CC[C@@]21C. The van der Waals surface area contributed by atoms with Crippen molar-refractivity contribution in [2.24, 2.45) is 28.6 Å². The van der Waals surface area contributed by atoms with E-state index in [0.717, 1.165) is 44.9 Å². The van der Waals surface area contributed by atoms with Gasteiger partial charge in [0.2, 0.25) is 0 Å². The number of carbonyl (C=O) groups is 2. The van der Waals surface area contributed by atoms with Crippen molar-refractivity contribution in [3.63, 3.8) is 0 Å². The maximum atomic E-state index is 12.0. The molecule has 0 aliphatic heterocycles. The van der Waals surface area contributed by atoms with E-state index >= 15 is 0 Å². The highest BCUT2D eigenvalue weighted by atomic mass is 16.6. The molecule has 4 aliphatic carbocycles. The second kappa shape index (κ2) is 6.17. The Morgan fingerprint density at radius 1 is 1.15 bits per heavy atom. The van der Waals surface area contributed by atoms with Crippen molar-refractivity contribution in [1.82, 2.24) is 0 Å². The summed E-state index contributed by atoms with van der Waals surface area (Å²) >= 11 is 0. The minimum Gasteiger partial charge on any atom is -0.456 e. The summed E-state index contributed by atoms with van der Waals surface area (Å²) in [6.45, 7) is 7.89. The maximum Gasteiger partial charge on any atom is 0.303 e. The summed E-state index contributed by atoms with van der Waals surface area (Å²) in [5, 5.41) is 10.7. The maximum absolute atomic E-state index is 12.0. The van der Waals surface area contributed by atoms with Gasteiger partial charge in [0.1, 0.15) is 5.60 Å². The lowest BCUT2D eigenvalue weighted by atomic mass is 9.46. The van der Waals surface area contributed by atoms with Crippen LogP contribution in [0, 0.1) is 28.6 Å². The number of ketones is 1. The van der Waals surface area contributed by atoms with Gasteiger partial charge in [0.15, 0.2) is 5.78 Å². The third-order valence-electron chi connectivity index (χ3n) is 9.15. The zero-order valence-electron chi connectivity index (χ0n) is 17.2. The molecule has 4 aliphatic rings. The smallest absolute Gasteiger partial charge is 0.303 e. The zero-order chi connectivity index (χ0) is 19.6. The highest BCUT2D eigenvalue weighted by Gasteiger charge is 2.67. The molecule has 1 unspecified atom stereocenters. The van der Waals surface area contributed by atoms with Gasteiger partial charge in [-0.05, 0) is 81.1 Å². The molecule has 3 saturated carbocycles. The van der Waals surface area contributed by atoms with Crippen LogP contribution < -0.4 is 0 Å². The first-order chi connectivity index (χ1) is 12.6. The van der Waals surface area contributed by atoms with Crippen LogP contribution in [0.3, 0.4) is 0 Å². The lowest BCUT2D eigenvalue weighted by Gasteiger charge is -2.59. The van der Waals surface area contributed by atoms with Gasteiger partial charge in [0.25, 0.3) is 0 Å². The standard InChI is InChI=1S/C23H34O4/c1-14(24)23(27-15(2)25)12-9-20-18-6-5-16-13-17(26)7-10-21(16,3)19(18)8-11-22(20,23)4/h13-14,18-20,24H,5-12H2,1-4H3/t14?,18-,19+,20+,21+,22+,23+/m1/s1. The summed E-state index contributed by atoms with van der Waals surface area (Å²) in [6.07, 6.45) is 8.93. The molecule has 0 aromatic rings. The molecule has 0 spiro atoms. The fourth-order valence-corrected chi connectivity index (χ4v) is 7.79. The van der Waals surface area contributed by atoms with Crippen molar-refractivity contribution >= 4 is 11.8 Å². The van der Waals surface area contributed by atoms with Crippen molar-refractivity contribution in [3.05, 3.63) is 11.6 Å². The summed E-state index contributed by atoms with van der Waals surface area (Å²) in [7, 11) is 0. The predicted molar refractivity (Wildman–Crippen MR) is 103 cm³/mol.